The first-order valence-corrected chi connectivity index (χ1v) is 6.88. The van der Waals surface area contributed by atoms with Gasteiger partial charge in [0.05, 0.1) is 29.9 Å². The molecule has 0 aliphatic heterocycles. The summed E-state index contributed by atoms with van der Waals surface area (Å²) >= 11 is 4.72. The van der Waals surface area contributed by atoms with E-state index in [0.717, 1.165) is 16.6 Å². The van der Waals surface area contributed by atoms with Gasteiger partial charge in [-0.05, 0) is 18.3 Å². The molecule has 0 spiro atoms. The summed E-state index contributed by atoms with van der Waals surface area (Å²) in [5.74, 6) is 0.579. The molecule has 0 amide bonds. The SMILES string of the molecule is Cn1cncc1-c1nc(C=NNC(N)=S)c2ccccc2n1. The van der Waals surface area contributed by atoms with E-state index in [1.807, 2.05) is 35.9 Å². The van der Waals surface area contributed by atoms with Gasteiger partial charge < -0.3 is 10.3 Å². The molecule has 0 aliphatic carbocycles. The smallest absolute Gasteiger partial charge is 0.184 e. The molecular weight excluding hydrogens is 298 g/mol. The van der Waals surface area contributed by atoms with Crippen LogP contribution in [0.3, 0.4) is 0 Å². The molecule has 0 atom stereocenters. The van der Waals surface area contributed by atoms with Gasteiger partial charge in [-0.25, -0.2) is 15.0 Å². The van der Waals surface area contributed by atoms with E-state index in [9.17, 15) is 0 Å². The maximum Gasteiger partial charge on any atom is 0.184 e. The summed E-state index contributed by atoms with van der Waals surface area (Å²) in [6.45, 7) is 0. The number of thiocarbonyl (C=S) groups is 1. The zero-order valence-electron chi connectivity index (χ0n) is 11.8. The Morgan fingerprint density at radius 3 is 2.91 bits per heavy atom. The molecule has 3 N–H and O–H groups in total. The van der Waals surface area contributed by atoms with Gasteiger partial charge in [-0.15, -0.1) is 0 Å². The molecule has 0 aliphatic rings. The van der Waals surface area contributed by atoms with Crippen molar-refractivity contribution in [3.63, 3.8) is 0 Å². The molecule has 3 rings (SSSR count). The Morgan fingerprint density at radius 1 is 1.36 bits per heavy atom. The highest BCUT2D eigenvalue weighted by atomic mass is 32.1. The highest BCUT2D eigenvalue weighted by molar-refractivity contribution is 7.80. The number of nitrogens with zero attached hydrogens (tertiary/aromatic N) is 5. The fraction of sp³-hybridized carbons (Fsp3) is 0.0714. The van der Waals surface area contributed by atoms with Gasteiger partial charge in [0, 0.05) is 12.4 Å². The molecule has 7 nitrogen and oxygen atoms in total. The van der Waals surface area contributed by atoms with Crippen LogP contribution in [0.1, 0.15) is 5.69 Å². The minimum absolute atomic E-state index is 0.0986. The van der Waals surface area contributed by atoms with Crippen molar-refractivity contribution < 1.29 is 0 Å². The number of imidazole rings is 1. The quantitative estimate of drug-likeness (QED) is 0.429. The molecule has 0 unspecified atom stereocenters. The van der Waals surface area contributed by atoms with E-state index in [4.69, 9.17) is 18.0 Å². The number of fused-ring (bicyclic) bond motifs is 1. The molecule has 0 bridgehead atoms. The third-order valence-electron chi connectivity index (χ3n) is 3.04. The standard InChI is InChI=1S/C14H13N7S/c1-21-8-16-7-12(21)13-18-10-5-3-2-4-9(10)11(19-13)6-17-20-14(15)22/h2-8H,1H3,(H3,15,20,22). The second-order valence-corrected chi connectivity index (χ2v) is 5.01. The van der Waals surface area contributed by atoms with Crippen LogP contribution in [0.4, 0.5) is 0 Å². The number of para-hydroxylation sites is 1. The number of nitrogens with two attached hydrogens (primary N) is 1. The number of hydrogen-bond donors (Lipinski definition) is 2. The first-order valence-electron chi connectivity index (χ1n) is 6.47. The van der Waals surface area contributed by atoms with Gasteiger partial charge in [0.15, 0.2) is 10.9 Å². The summed E-state index contributed by atoms with van der Waals surface area (Å²) in [4.78, 5) is 13.2. The van der Waals surface area contributed by atoms with Crippen molar-refractivity contribution in [3.8, 4) is 11.5 Å². The number of aromatic nitrogens is 4. The molecule has 2 heterocycles. The Labute approximate surface area is 131 Å². The molecule has 110 valence electrons. The van der Waals surface area contributed by atoms with Gasteiger partial charge in [-0.1, -0.05) is 18.2 Å². The van der Waals surface area contributed by atoms with Crippen LogP contribution in [0.15, 0.2) is 41.9 Å². The van der Waals surface area contributed by atoms with Gasteiger partial charge in [0.25, 0.3) is 0 Å². The van der Waals surface area contributed by atoms with Gasteiger partial charge in [-0.2, -0.15) is 5.10 Å². The number of hydrazone groups is 1. The lowest BCUT2D eigenvalue weighted by Gasteiger charge is -2.06. The van der Waals surface area contributed by atoms with Gasteiger partial charge in [0.2, 0.25) is 0 Å². The highest BCUT2D eigenvalue weighted by Gasteiger charge is 2.10. The van der Waals surface area contributed by atoms with Crippen LogP contribution >= 0.6 is 12.2 Å². The van der Waals surface area contributed by atoms with Crippen LogP contribution in [-0.4, -0.2) is 30.8 Å². The number of nitrogens with one attached hydrogen (secondary N) is 1. The maximum absolute atomic E-state index is 5.36. The Morgan fingerprint density at radius 2 is 2.18 bits per heavy atom. The van der Waals surface area contributed by atoms with E-state index >= 15 is 0 Å². The van der Waals surface area contributed by atoms with E-state index in [-0.39, 0.29) is 5.11 Å². The van der Waals surface area contributed by atoms with E-state index in [1.54, 1.807) is 18.7 Å². The topological polar surface area (TPSA) is 94.0 Å². The second kappa shape index (κ2) is 5.86. The largest absolute Gasteiger partial charge is 0.375 e. The molecule has 8 heteroatoms. The van der Waals surface area contributed by atoms with E-state index in [2.05, 4.69) is 25.5 Å². The number of rotatable bonds is 3. The summed E-state index contributed by atoms with van der Waals surface area (Å²) in [5, 5.41) is 4.97. The molecular formula is C14H13N7S. The monoisotopic (exact) mass is 311 g/mol. The third-order valence-corrected chi connectivity index (χ3v) is 3.13. The van der Waals surface area contributed by atoms with Crippen LogP contribution < -0.4 is 11.2 Å². The van der Waals surface area contributed by atoms with Crippen LogP contribution in [0, 0.1) is 0 Å². The lowest BCUT2D eigenvalue weighted by Crippen LogP contribution is -2.24. The number of aryl methyl sites for hydroxylation is 1. The first kappa shape index (κ1) is 14.1. The molecule has 0 fully saturated rings. The molecule has 0 saturated heterocycles. The van der Waals surface area contributed by atoms with Crippen LogP contribution in [0.2, 0.25) is 0 Å². The predicted octanol–water partition coefficient (Wildman–Crippen LogP) is 1.20. The lowest BCUT2D eigenvalue weighted by atomic mass is 10.2. The van der Waals surface area contributed by atoms with Gasteiger partial charge in [-0.3, -0.25) is 5.43 Å². The molecule has 2 aromatic heterocycles. The molecule has 3 aromatic rings. The minimum Gasteiger partial charge on any atom is -0.375 e. The minimum atomic E-state index is 0.0986. The third kappa shape index (κ3) is 2.77. The van der Waals surface area contributed by atoms with Crippen molar-refractivity contribution >= 4 is 34.4 Å². The van der Waals surface area contributed by atoms with Crippen molar-refractivity contribution in [1.82, 2.24) is 24.9 Å². The number of benzene rings is 1. The zero-order chi connectivity index (χ0) is 15.5. The summed E-state index contributed by atoms with van der Waals surface area (Å²) in [5.41, 5.74) is 10.2. The molecule has 0 radical (unpaired) electrons. The summed E-state index contributed by atoms with van der Waals surface area (Å²) < 4.78 is 1.86. The fourth-order valence-electron chi connectivity index (χ4n) is 2.04. The van der Waals surface area contributed by atoms with E-state index in [1.165, 1.54) is 0 Å². The van der Waals surface area contributed by atoms with Gasteiger partial charge >= 0.3 is 0 Å². The summed E-state index contributed by atoms with van der Waals surface area (Å²) in [7, 11) is 1.89. The second-order valence-electron chi connectivity index (χ2n) is 4.57. The van der Waals surface area contributed by atoms with Crippen molar-refractivity contribution in [3.05, 3.63) is 42.5 Å². The van der Waals surface area contributed by atoms with Crippen molar-refractivity contribution in [2.24, 2.45) is 17.9 Å². The maximum atomic E-state index is 5.36. The van der Waals surface area contributed by atoms with Crippen LogP contribution in [0.5, 0.6) is 0 Å². The van der Waals surface area contributed by atoms with Crippen LogP contribution in [0.25, 0.3) is 22.4 Å². The van der Waals surface area contributed by atoms with E-state index < -0.39 is 0 Å². The Kier molecular flexibility index (Phi) is 3.75. The van der Waals surface area contributed by atoms with Gasteiger partial charge in [0.1, 0.15) is 5.69 Å². The first-order chi connectivity index (χ1) is 10.6. The average molecular weight is 311 g/mol. The van der Waals surface area contributed by atoms with Crippen LogP contribution in [-0.2, 0) is 7.05 Å². The Balaban J connectivity index is 2.14. The average Bonchev–Trinajstić information content (AvgIpc) is 2.93. The molecule has 1 aromatic carbocycles. The van der Waals surface area contributed by atoms with Crippen molar-refractivity contribution in [2.45, 2.75) is 0 Å². The predicted molar refractivity (Wildman–Crippen MR) is 89.3 cm³/mol. The number of hydrogen-bond acceptors (Lipinski definition) is 5. The van der Waals surface area contributed by atoms with E-state index in [0.29, 0.717) is 11.5 Å². The normalized spacial score (nSPS) is 11.1. The Hall–Kier alpha value is -2.87. The summed E-state index contributed by atoms with van der Waals surface area (Å²) in [6.07, 6.45) is 5.00. The lowest BCUT2D eigenvalue weighted by molar-refractivity contribution is 0.910. The fourth-order valence-corrected chi connectivity index (χ4v) is 2.10. The zero-order valence-corrected chi connectivity index (χ0v) is 12.6. The summed E-state index contributed by atoms with van der Waals surface area (Å²) in [6, 6.07) is 7.71. The molecule has 0 saturated carbocycles. The molecule has 22 heavy (non-hydrogen) atoms. The Bertz CT molecular complexity index is 869. The van der Waals surface area contributed by atoms with Crippen molar-refractivity contribution in [1.29, 1.82) is 0 Å². The highest BCUT2D eigenvalue weighted by Crippen LogP contribution is 2.20. The van der Waals surface area contributed by atoms with Crippen molar-refractivity contribution in [2.75, 3.05) is 0 Å².